The highest BCUT2D eigenvalue weighted by molar-refractivity contribution is 6.10. The molecular formula is C42H45FN6O5. The fourth-order valence-electron chi connectivity index (χ4n) is 6.03. The Morgan fingerprint density at radius 2 is 1.74 bits per heavy atom. The van der Waals surface area contributed by atoms with E-state index < -0.39 is 23.1 Å². The molecule has 3 heterocycles. The van der Waals surface area contributed by atoms with Crippen LogP contribution in [0.15, 0.2) is 79.1 Å². The van der Waals surface area contributed by atoms with E-state index in [2.05, 4.69) is 20.6 Å². The second kappa shape index (κ2) is 17.2. The first-order valence-corrected chi connectivity index (χ1v) is 17.8. The number of pyridine rings is 2. The first-order valence-electron chi connectivity index (χ1n) is 17.8. The van der Waals surface area contributed by atoms with Crippen LogP contribution in [0.3, 0.4) is 0 Å². The van der Waals surface area contributed by atoms with Crippen LogP contribution >= 0.6 is 0 Å². The van der Waals surface area contributed by atoms with Gasteiger partial charge in [0, 0.05) is 60.8 Å². The number of benzene rings is 3. The number of aromatic nitrogens is 2. The molecule has 12 heteroatoms. The van der Waals surface area contributed by atoms with E-state index in [9.17, 15) is 14.4 Å². The Balaban J connectivity index is 0.00000276. The van der Waals surface area contributed by atoms with E-state index in [-0.39, 0.29) is 23.6 Å². The van der Waals surface area contributed by atoms with Gasteiger partial charge in [-0.2, -0.15) is 0 Å². The fourth-order valence-corrected chi connectivity index (χ4v) is 6.03. The van der Waals surface area contributed by atoms with Crippen molar-refractivity contribution < 1.29 is 28.2 Å². The van der Waals surface area contributed by atoms with E-state index in [0.29, 0.717) is 76.8 Å². The Hall–Kier alpha value is -6.01. The Morgan fingerprint density at radius 3 is 2.41 bits per heavy atom. The van der Waals surface area contributed by atoms with E-state index in [4.69, 9.17) is 14.9 Å². The van der Waals surface area contributed by atoms with Gasteiger partial charge >= 0.3 is 5.97 Å². The highest BCUT2D eigenvalue weighted by Crippen LogP contribution is 2.36. The summed E-state index contributed by atoms with van der Waals surface area (Å²) in [6, 6.07) is 19.2. The van der Waals surface area contributed by atoms with E-state index in [1.165, 1.54) is 19.2 Å². The van der Waals surface area contributed by atoms with Gasteiger partial charge in [-0.05, 0) is 70.6 Å². The van der Waals surface area contributed by atoms with Crippen molar-refractivity contribution in [2.45, 2.75) is 53.6 Å². The quantitative estimate of drug-likeness (QED) is 0.101. The number of ether oxygens (including phenoxy) is 2. The first kappa shape index (κ1) is 39.2. The molecule has 0 unspecified atom stereocenters. The summed E-state index contributed by atoms with van der Waals surface area (Å²) in [4.78, 5) is 49.5. The molecule has 1 fully saturated rings. The van der Waals surface area contributed by atoms with Crippen LogP contribution in [0.25, 0.3) is 22.0 Å². The number of amides is 2. The SMILES string of the molecule is CC.CC(=O)OCc1c(NC(=O)c2c(F)cc(C(C)(C)C)cc2C=N)cccc1-c1cc(Nc2ccc(C(=O)N3CCOCC3)cn2)c2ncccc2c1. The number of esters is 1. The molecule has 0 atom stereocenters. The number of nitrogens with zero attached hydrogens (tertiary/aromatic N) is 3. The van der Waals surface area contributed by atoms with Crippen molar-refractivity contribution in [1.82, 2.24) is 14.9 Å². The van der Waals surface area contributed by atoms with Gasteiger partial charge in [-0.15, -0.1) is 0 Å². The third-order valence-electron chi connectivity index (χ3n) is 8.80. The molecular weight excluding hydrogens is 687 g/mol. The van der Waals surface area contributed by atoms with Crippen molar-refractivity contribution in [2.24, 2.45) is 0 Å². The Bertz CT molecular complexity index is 2180. The standard InChI is InChI=1S/C40H39FN6O5.C2H6/c1-24(48)52-23-31-30(8-5-9-33(31)46-38(49)36-28(21-42)18-29(20-32(36)41)40(2,3)4)27-17-25-7-6-12-43-37(25)34(19-27)45-35-11-10-26(22-44-35)39(50)47-13-15-51-16-14-47;1-2/h5-12,17-22,42H,13-16,23H2,1-4H3,(H,44,45)(H,46,49);1-2H3. The van der Waals surface area contributed by atoms with Gasteiger partial charge < -0.3 is 30.4 Å². The highest BCUT2D eigenvalue weighted by atomic mass is 19.1. The summed E-state index contributed by atoms with van der Waals surface area (Å²) in [5.74, 6) is -1.63. The Kier molecular flexibility index (Phi) is 12.5. The number of hydrogen-bond donors (Lipinski definition) is 3. The summed E-state index contributed by atoms with van der Waals surface area (Å²) < 4.78 is 26.3. The lowest BCUT2D eigenvalue weighted by Gasteiger charge is -2.26. The molecule has 0 spiro atoms. The van der Waals surface area contributed by atoms with Gasteiger partial charge in [0.05, 0.1) is 35.5 Å². The minimum absolute atomic E-state index is 0.109. The molecule has 5 aromatic rings. The highest BCUT2D eigenvalue weighted by Gasteiger charge is 2.24. The molecule has 1 saturated heterocycles. The number of carbonyl (C=O) groups excluding carboxylic acids is 3. The van der Waals surface area contributed by atoms with Crippen LogP contribution in [0, 0.1) is 11.2 Å². The Labute approximate surface area is 314 Å². The maximum absolute atomic E-state index is 15.5. The van der Waals surface area contributed by atoms with E-state index >= 15 is 4.39 Å². The lowest BCUT2D eigenvalue weighted by molar-refractivity contribution is -0.142. The zero-order chi connectivity index (χ0) is 39.0. The number of hydrogen-bond acceptors (Lipinski definition) is 9. The molecule has 2 aromatic heterocycles. The molecule has 2 amide bonds. The van der Waals surface area contributed by atoms with Crippen molar-refractivity contribution >= 4 is 52.1 Å². The molecule has 6 rings (SSSR count). The van der Waals surface area contributed by atoms with Crippen LogP contribution in [0.2, 0.25) is 0 Å². The third kappa shape index (κ3) is 8.95. The van der Waals surface area contributed by atoms with Crippen LogP contribution < -0.4 is 10.6 Å². The number of anilines is 3. The Morgan fingerprint density at radius 1 is 0.981 bits per heavy atom. The molecule has 11 nitrogen and oxygen atoms in total. The number of fused-ring (bicyclic) bond motifs is 1. The van der Waals surface area contributed by atoms with Crippen molar-refractivity contribution in [3.8, 4) is 11.1 Å². The topological polar surface area (TPSA) is 147 Å². The molecule has 1 aliphatic heterocycles. The van der Waals surface area contributed by atoms with Gasteiger partial charge in [0.15, 0.2) is 0 Å². The maximum Gasteiger partial charge on any atom is 0.302 e. The van der Waals surface area contributed by atoms with Gasteiger partial charge in [-0.1, -0.05) is 52.8 Å². The van der Waals surface area contributed by atoms with Crippen LogP contribution in [-0.4, -0.2) is 65.2 Å². The lowest BCUT2D eigenvalue weighted by atomic mass is 9.85. The number of rotatable bonds is 9. The van der Waals surface area contributed by atoms with Crippen molar-refractivity contribution in [3.05, 3.63) is 113 Å². The van der Waals surface area contributed by atoms with Gasteiger partial charge in [-0.3, -0.25) is 19.4 Å². The van der Waals surface area contributed by atoms with Crippen molar-refractivity contribution in [1.29, 1.82) is 5.41 Å². The van der Waals surface area contributed by atoms with E-state index in [1.54, 1.807) is 41.4 Å². The molecule has 0 radical (unpaired) electrons. The summed E-state index contributed by atoms with van der Waals surface area (Å²) in [6.07, 6.45) is 4.18. The van der Waals surface area contributed by atoms with E-state index in [0.717, 1.165) is 11.6 Å². The monoisotopic (exact) mass is 732 g/mol. The average molecular weight is 733 g/mol. The second-order valence-corrected chi connectivity index (χ2v) is 13.4. The van der Waals surface area contributed by atoms with Crippen molar-refractivity contribution in [2.75, 3.05) is 36.9 Å². The number of nitrogens with one attached hydrogen (secondary N) is 3. The minimum Gasteiger partial charge on any atom is -0.461 e. The summed E-state index contributed by atoms with van der Waals surface area (Å²) in [6.45, 7) is 12.9. The zero-order valence-electron chi connectivity index (χ0n) is 31.4. The number of halogens is 1. The smallest absolute Gasteiger partial charge is 0.302 e. The van der Waals surface area contributed by atoms with Gasteiger partial charge in [0.2, 0.25) is 0 Å². The summed E-state index contributed by atoms with van der Waals surface area (Å²) in [7, 11) is 0. The molecule has 3 N–H and O–H groups in total. The van der Waals surface area contributed by atoms with Gasteiger partial charge in [0.1, 0.15) is 18.2 Å². The molecule has 3 aromatic carbocycles. The van der Waals surface area contributed by atoms with Crippen LogP contribution in [0.1, 0.15) is 78.9 Å². The lowest BCUT2D eigenvalue weighted by Crippen LogP contribution is -2.40. The molecule has 54 heavy (non-hydrogen) atoms. The normalized spacial score (nSPS) is 12.7. The predicted molar refractivity (Wildman–Crippen MR) is 209 cm³/mol. The average Bonchev–Trinajstić information content (AvgIpc) is 3.17. The molecule has 0 bridgehead atoms. The predicted octanol–water partition coefficient (Wildman–Crippen LogP) is 8.29. The first-order chi connectivity index (χ1) is 25.9. The van der Waals surface area contributed by atoms with E-state index in [1.807, 2.05) is 65.0 Å². The summed E-state index contributed by atoms with van der Waals surface area (Å²) >= 11 is 0. The minimum atomic E-state index is -0.746. The van der Waals surface area contributed by atoms with Crippen LogP contribution in [0.4, 0.5) is 21.6 Å². The fraction of sp³-hybridized carbons (Fsp3) is 0.286. The molecule has 0 saturated carbocycles. The van der Waals surface area contributed by atoms with Crippen LogP contribution in [-0.2, 0) is 26.3 Å². The summed E-state index contributed by atoms with van der Waals surface area (Å²) in [5.41, 5.74) is 4.03. The van der Waals surface area contributed by atoms with Crippen molar-refractivity contribution in [3.63, 3.8) is 0 Å². The summed E-state index contributed by atoms with van der Waals surface area (Å²) in [5, 5.41) is 14.9. The molecule has 0 aliphatic carbocycles. The second-order valence-electron chi connectivity index (χ2n) is 13.4. The third-order valence-corrected chi connectivity index (χ3v) is 8.80. The molecule has 280 valence electrons. The van der Waals surface area contributed by atoms with Gasteiger partial charge in [0.25, 0.3) is 11.8 Å². The van der Waals surface area contributed by atoms with Gasteiger partial charge in [-0.25, -0.2) is 9.37 Å². The zero-order valence-corrected chi connectivity index (χ0v) is 31.4. The largest absolute Gasteiger partial charge is 0.461 e. The maximum atomic E-state index is 15.5. The number of carbonyl (C=O) groups is 3. The van der Waals surface area contributed by atoms with Crippen LogP contribution in [0.5, 0.6) is 0 Å². The number of morpholine rings is 1. The molecule has 1 aliphatic rings.